The third kappa shape index (κ3) is 2.36. The molecule has 0 unspecified atom stereocenters. The number of rotatable bonds is 4. The Kier molecular flexibility index (Phi) is 3.79. The summed E-state index contributed by atoms with van der Waals surface area (Å²) >= 11 is 0. The molecule has 20 heavy (non-hydrogen) atoms. The molecule has 112 valence electrons. The van der Waals surface area contributed by atoms with Crippen molar-refractivity contribution < 1.29 is 14.0 Å². The number of hydrogen-bond acceptors (Lipinski definition) is 6. The van der Waals surface area contributed by atoms with Gasteiger partial charge in [-0.3, -0.25) is 0 Å². The van der Waals surface area contributed by atoms with Gasteiger partial charge in [-0.05, 0) is 19.8 Å². The van der Waals surface area contributed by atoms with Crippen molar-refractivity contribution in [2.45, 2.75) is 56.6 Å². The van der Waals surface area contributed by atoms with Crippen molar-refractivity contribution >= 4 is 0 Å². The summed E-state index contributed by atoms with van der Waals surface area (Å²) < 4.78 is 16.9. The van der Waals surface area contributed by atoms with Crippen LogP contribution in [0.3, 0.4) is 0 Å². The predicted octanol–water partition coefficient (Wildman–Crippen LogP) is 1.84. The molecule has 0 spiro atoms. The Morgan fingerprint density at radius 2 is 1.90 bits per heavy atom. The number of hydrogen-bond donors (Lipinski definition) is 1. The van der Waals surface area contributed by atoms with Crippen LogP contribution in [-0.4, -0.2) is 30.0 Å². The van der Waals surface area contributed by atoms with E-state index in [1.807, 2.05) is 6.92 Å². The summed E-state index contributed by atoms with van der Waals surface area (Å²) in [4.78, 5) is 4.60. The summed E-state index contributed by atoms with van der Waals surface area (Å²) in [6.45, 7) is 3.94. The molecule has 1 saturated heterocycles. The number of ether oxygens (including phenoxy) is 2. The van der Waals surface area contributed by atoms with Crippen LogP contribution in [0.2, 0.25) is 0 Å². The highest BCUT2D eigenvalue weighted by atomic mass is 16.5. The zero-order chi connectivity index (χ0) is 14.1. The molecule has 2 N–H and O–H groups in total. The molecular weight excluding hydrogens is 258 g/mol. The van der Waals surface area contributed by atoms with Gasteiger partial charge in [0.1, 0.15) is 5.60 Å². The second-order valence-electron chi connectivity index (χ2n) is 5.83. The van der Waals surface area contributed by atoms with Gasteiger partial charge in [-0.1, -0.05) is 18.0 Å². The molecule has 0 amide bonds. The normalized spacial score (nSPS) is 24.9. The van der Waals surface area contributed by atoms with Crippen molar-refractivity contribution in [1.82, 2.24) is 10.1 Å². The van der Waals surface area contributed by atoms with Crippen molar-refractivity contribution in [3.63, 3.8) is 0 Å². The average Bonchev–Trinajstić information content (AvgIpc) is 3.10. The van der Waals surface area contributed by atoms with E-state index in [4.69, 9.17) is 19.7 Å². The van der Waals surface area contributed by atoms with Crippen molar-refractivity contribution in [2.24, 2.45) is 5.73 Å². The Morgan fingerprint density at radius 3 is 2.55 bits per heavy atom. The lowest BCUT2D eigenvalue weighted by atomic mass is 9.93. The SMILES string of the molecule is CCOC1(c2noc(C3(N)CCCC3)n2)CCOCC1. The van der Waals surface area contributed by atoms with E-state index < -0.39 is 11.1 Å². The van der Waals surface area contributed by atoms with Crippen molar-refractivity contribution in [3.8, 4) is 0 Å². The fraction of sp³-hybridized carbons (Fsp3) is 0.857. The molecule has 0 bridgehead atoms. The molecule has 2 heterocycles. The molecular formula is C14H23N3O3. The largest absolute Gasteiger partial charge is 0.381 e. The Bertz CT molecular complexity index is 443. The zero-order valence-corrected chi connectivity index (χ0v) is 12.1. The van der Waals surface area contributed by atoms with Crippen LogP contribution in [0.5, 0.6) is 0 Å². The highest BCUT2D eigenvalue weighted by Crippen LogP contribution is 2.38. The standard InChI is InChI=1S/C14H23N3O3/c1-2-19-14(7-9-18-10-8-14)11-16-12(20-17-11)13(15)5-3-4-6-13/h2-10,15H2,1H3. The summed E-state index contributed by atoms with van der Waals surface area (Å²) in [5.41, 5.74) is 5.47. The first kappa shape index (κ1) is 14.0. The highest BCUT2D eigenvalue weighted by Gasteiger charge is 2.43. The minimum absolute atomic E-state index is 0.441. The van der Waals surface area contributed by atoms with Gasteiger partial charge in [-0.15, -0.1) is 0 Å². The van der Waals surface area contributed by atoms with Gasteiger partial charge in [0.25, 0.3) is 0 Å². The highest BCUT2D eigenvalue weighted by molar-refractivity contribution is 5.09. The molecule has 0 radical (unpaired) electrons. The van der Waals surface area contributed by atoms with Gasteiger partial charge in [-0.2, -0.15) is 4.98 Å². The van der Waals surface area contributed by atoms with Gasteiger partial charge in [0, 0.05) is 32.7 Å². The van der Waals surface area contributed by atoms with Crippen LogP contribution in [0.4, 0.5) is 0 Å². The van der Waals surface area contributed by atoms with E-state index >= 15 is 0 Å². The monoisotopic (exact) mass is 281 g/mol. The Labute approximate surface area is 119 Å². The first-order valence-electron chi connectivity index (χ1n) is 7.54. The van der Waals surface area contributed by atoms with E-state index in [2.05, 4.69) is 10.1 Å². The maximum Gasteiger partial charge on any atom is 0.246 e. The van der Waals surface area contributed by atoms with Gasteiger partial charge in [0.15, 0.2) is 0 Å². The smallest absolute Gasteiger partial charge is 0.246 e. The zero-order valence-electron chi connectivity index (χ0n) is 12.1. The number of nitrogens with zero attached hydrogens (tertiary/aromatic N) is 2. The summed E-state index contributed by atoms with van der Waals surface area (Å²) in [5, 5.41) is 4.17. The summed E-state index contributed by atoms with van der Waals surface area (Å²) in [6, 6.07) is 0. The third-order valence-electron chi connectivity index (χ3n) is 4.48. The van der Waals surface area contributed by atoms with E-state index in [0.717, 1.165) is 38.5 Å². The Hall–Kier alpha value is -0.980. The van der Waals surface area contributed by atoms with Crippen molar-refractivity contribution in [1.29, 1.82) is 0 Å². The maximum absolute atomic E-state index is 6.38. The Morgan fingerprint density at radius 1 is 1.20 bits per heavy atom. The van der Waals surface area contributed by atoms with Crippen LogP contribution in [0.1, 0.15) is 57.2 Å². The molecule has 0 atom stereocenters. The molecule has 6 nitrogen and oxygen atoms in total. The summed E-state index contributed by atoms with van der Waals surface area (Å²) in [5.74, 6) is 1.20. The summed E-state index contributed by atoms with van der Waals surface area (Å²) in [6.07, 6.45) is 5.60. The second kappa shape index (κ2) is 5.42. The first-order valence-corrected chi connectivity index (χ1v) is 7.54. The molecule has 2 aliphatic rings. The van der Waals surface area contributed by atoms with Crippen molar-refractivity contribution in [3.05, 3.63) is 11.7 Å². The van der Waals surface area contributed by atoms with Gasteiger partial charge in [-0.25, -0.2) is 0 Å². The van der Waals surface area contributed by atoms with Gasteiger partial charge in [0.2, 0.25) is 11.7 Å². The van der Waals surface area contributed by atoms with E-state index in [9.17, 15) is 0 Å². The van der Waals surface area contributed by atoms with Crippen LogP contribution in [0.15, 0.2) is 4.52 Å². The molecule has 1 aromatic rings. The van der Waals surface area contributed by atoms with Crippen LogP contribution in [-0.2, 0) is 20.6 Å². The lowest BCUT2D eigenvalue weighted by molar-refractivity contribution is -0.118. The van der Waals surface area contributed by atoms with Crippen LogP contribution in [0, 0.1) is 0 Å². The number of aromatic nitrogens is 2. The topological polar surface area (TPSA) is 83.4 Å². The van der Waals surface area contributed by atoms with Gasteiger partial charge < -0.3 is 19.7 Å². The fourth-order valence-electron chi connectivity index (χ4n) is 3.24. The summed E-state index contributed by atoms with van der Waals surface area (Å²) in [7, 11) is 0. The lowest BCUT2D eigenvalue weighted by Crippen LogP contribution is -2.38. The van der Waals surface area contributed by atoms with Crippen LogP contribution >= 0.6 is 0 Å². The quantitative estimate of drug-likeness (QED) is 0.906. The molecule has 1 aromatic heterocycles. The first-order chi connectivity index (χ1) is 9.69. The second-order valence-corrected chi connectivity index (χ2v) is 5.83. The minimum Gasteiger partial charge on any atom is -0.381 e. The average molecular weight is 281 g/mol. The van der Waals surface area contributed by atoms with Crippen molar-refractivity contribution in [2.75, 3.05) is 19.8 Å². The predicted molar refractivity (Wildman–Crippen MR) is 72.0 cm³/mol. The third-order valence-corrected chi connectivity index (χ3v) is 4.48. The van der Waals surface area contributed by atoms with E-state index in [-0.39, 0.29) is 0 Å². The molecule has 3 rings (SSSR count). The molecule has 2 fully saturated rings. The molecule has 1 aliphatic carbocycles. The Balaban J connectivity index is 1.87. The minimum atomic E-state index is -0.469. The van der Waals surface area contributed by atoms with E-state index in [0.29, 0.717) is 31.5 Å². The number of nitrogens with two attached hydrogens (primary N) is 1. The molecule has 6 heteroatoms. The van der Waals surface area contributed by atoms with E-state index in [1.54, 1.807) is 0 Å². The molecule has 0 aromatic carbocycles. The van der Waals surface area contributed by atoms with Crippen LogP contribution in [0.25, 0.3) is 0 Å². The van der Waals surface area contributed by atoms with Gasteiger partial charge in [0.05, 0.1) is 5.54 Å². The fourth-order valence-corrected chi connectivity index (χ4v) is 3.24. The van der Waals surface area contributed by atoms with Crippen LogP contribution < -0.4 is 5.73 Å². The molecule has 1 saturated carbocycles. The van der Waals surface area contributed by atoms with E-state index in [1.165, 1.54) is 0 Å². The molecule has 1 aliphatic heterocycles. The lowest BCUT2D eigenvalue weighted by Gasteiger charge is -2.33. The van der Waals surface area contributed by atoms with Gasteiger partial charge >= 0.3 is 0 Å². The maximum atomic E-state index is 6.38.